The quantitative estimate of drug-likeness (QED) is 0.671. The van der Waals surface area contributed by atoms with Crippen molar-refractivity contribution in [1.29, 1.82) is 0 Å². The van der Waals surface area contributed by atoms with Crippen LogP contribution in [0.1, 0.15) is 0 Å². The van der Waals surface area contributed by atoms with Gasteiger partial charge in [0.25, 0.3) is 0 Å². The van der Waals surface area contributed by atoms with Gasteiger partial charge in [0.1, 0.15) is 10.6 Å². The molecule has 25 heavy (non-hydrogen) atoms. The van der Waals surface area contributed by atoms with E-state index in [4.69, 9.17) is 15.8 Å². The van der Waals surface area contributed by atoms with Gasteiger partial charge in [-0.05, 0) is 42.5 Å². The molecule has 0 aliphatic carbocycles. The number of ether oxygens (including phenoxy) is 1. The van der Waals surface area contributed by atoms with Crippen LogP contribution in [-0.4, -0.2) is 31.6 Å². The molecule has 0 aliphatic heterocycles. The Balaban J connectivity index is 1.89. The molecule has 0 radical (unpaired) electrons. The zero-order valence-electron chi connectivity index (χ0n) is 12.8. The summed E-state index contributed by atoms with van der Waals surface area (Å²) in [6, 6.07) is 10.2. The van der Waals surface area contributed by atoms with Crippen molar-refractivity contribution in [1.82, 2.24) is 9.97 Å². The van der Waals surface area contributed by atoms with Crippen LogP contribution in [0, 0.1) is 0 Å². The number of anilines is 1. The van der Waals surface area contributed by atoms with Crippen molar-refractivity contribution >= 4 is 44.8 Å². The lowest BCUT2D eigenvalue weighted by Gasteiger charge is -2.07. The van der Waals surface area contributed by atoms with Gasteiger partial charge in [-0.1, -0.05) is 11.6 Å². The van der Waals surface area contributed by atoms with Crippen LogP contribution in [0.2, 0.25) is 5.02 Å². The molecule has 1 amide bonds. The van der Waals surface area contributed by atoms with Crippen molar-refractivity contribution in [2.45, 2.75) is 4.90 Å². The van der Waals surface area contributed by atoms with Crippen LogP contribution in [0.25, 0.3) is 11.0 Å². The fourth-order valence-electron chi connectivity index (χ4n) is 2.02. The summed E-state index contributed by atoms with van der Waals surface area (Å²) in [4.78, 5) is 18.0. The van der Waals surface area contributed by atoms with Crippen molar-refractivity contribution in [3.63, 3.8) is 0 Å². The molecule has 3 rings (SSSR count). The van der Waals surface area contributed by atoms with Gasteiger partial charge in [-0.2, -0.15) is 8.42 Å². The number of halogens is 1. The highest BCUT2D eigenvalue weighted by atomic mass is 35.5. The van der Waals surface area contributed by atoms with Gasteiger partial charge in [0.15, 0.2) is 0 Å². The molecule has 0 atom stereocenters. The third-order valence-electron chi connectivity index (χ3n) is 3.17. The predicted octanol–water partition coefficient (Wildman–Crippen LogP) is 3.16. The number of benzene rings is 2. The third-order valence-corrected chi connectivity index (χ3v) is 4.66. The van der Waals surface area contributed by atoms with Crippen LogP contribution in [-0.2, 0) is 14.9 Å². The number of hydrogen-bond donors (Lipinski definition) is 2. The van der Waals surface area contributed by atoms with E-state index in [0.29, 0.717) is 16.1 Å². The number of aromatic nitrogens is 2. The summed E-state index contributed by atoms with van der Waals surface area (Å²) in [5.41, 5.74) is 0.879. The SMILES string of the molecule is COC(=O)Nc1nc2ccc(S(=O)(=O)Oc3ccc(Cl)cc3)cc2[nH]1. The van der Waals surface area contributed by atoms with Gasteiger partial charge in [0, 0.05) is 5.02 Å². The molecule has 0 saturated heterocycles. The number of H-pyrrole nitrogens is 1. The number of methoxy groups -OCH3 is 1. The number of nitrogens with one attached hydrogen (secondary N) is 2. The lowest BCUT2D eigenvalue weighted by Crippen LogP contribution is -2.11. The van der Waals surface area contributed by atoms with E-state index in [-0.39, 0.29) is 16.6 Å². The first kappa shape index (κ1) is 17.1. The van der Waals surface area contributed by atoms with Gasteiger partial charge in [0.2, 0.25) is 5.95 Å². The van der Waals surface area contributed by atoms with Crippen molar-refractivity contribution in [3.05, 3.63) is 47.5 Å². The molecule has 0 aliphatic rings. The second kappa shape index (κ2) is 6.61. The molecule has 0 unspecified atom stereocenters. The molecule has 130 valence electrons. The van der Waals surface area contributed by atoms with E-state index < -0.39 is 16.2 Å². The lowest BCUT2D eigenvalue weighted by atomic mass is 10.3. The van der Waals surface area contributed by atoms with Gasteiger partial charge in [-0.25, -0.2) is 9.78 Å². The zero-order chi connectivity index (χ0) is 18.0. The molecule has 0 saturated carbocycles. The fraction of sp³-hybridized carbons (Fsp3) is 0.0667. The predicted molar refractivity (Wildman–Crippen MR) is 91.4 cm³/mol. The average Bonchev–Trinajstić information content (AvgIpc) is 2.98. The number of rotatable bonds is 4. The Morgan fingerprint density at radius 1 is 1.20 bits per heavy atom. The highest BCUT2D eigenvalue weighted by Crippen LogP contribution is 2.23. The molecule has 0 bridgehead atoms. The third kappa shape index (κ3) is 3.83. The van der Waals surface area contributed by atoms with Crippen LogP contribution in [0.15, 0.2) is 47.4 Å². The number of nitrogens with zero attached hydrogens (tertiary/aromatic N) is 1. The standard InChI is InChI=1S/C15H12ClN3O5S/c1-23-15(20)19-14-17-12-7-6-11(8-13(12)18-14)25(21,22)24-10-4-2-9(16)3-5-10/h2-8H,1H3,(H2,17,18,19,20). The van der Waals surface area contributed by atoms with Crippen LogP contribution < -0.4 is 9.50 Å². The first-order valence-corrected chi connectivity index (χ1v) is 8.71. The molecular weight excluding hydrogens is 370 g/mol. The second-order valence-corrected chi connectivity index (χ2v) is 6.86. The topological polar surface area (TPSA) is 110 Å². The normalized spacial score (nSPS) is 11.3. The van der Waals surface area contributed by atoms with Gasteiger partial charge in [-0.15, -0.1) is 0 Å². The molecule has 1 aromatic heterocycles. The maximum absolute atomic E-state index is 12.4. The van der Waals surface area contributed by atoms with Crippen molar-refractivity contribution in [2.24, 2.45) is 0 Å². The van der Waals surface area contributed by atoms with Gasteiger partial charge in [-0.3, -0.25) is 5.32 Å². The van der Waals surface area contributed by atoms with E-state index in [0.717, 1.165) is 0 Å². The Morgan fingerprint density at radius 3 is 2.60 bits per heavy atom. The van der Waals surface area contributed by atoms with E-state index in [2.05, 4.69) is 20.0 Å². The summed E-state index contributed by atoms with van der Waals surface area (Å²) in [7, 11) is -2.82. The lowest BCUT2D eigenvalue weighted by molar-refractivity contribution is 0.186. The first-order chi connectivity index (χ1) is 11.9. The summed E-state index contributed by atoms with van der Waals surface area (Å²) in [6.07, 6.45) is -0.696. The summed E-state index contributed by atoms with van der Waals surface area (Å²) < 4.78 is 34.3. The van der Waals surface area contributed by atoms with Crippen molar-refractivity contribution < 1.29 is 22.1 Å². The zero-order valence-corrected chi connectivity index (χ0v) is 14.4. The maximum Gasteiger partial charge on any atom is 0.413 e. The Hall–Kier alpha value is -2.78. The number of amides is 1. The Morgan fingerprint density at radius 2 is 1.92 bits per heavy atom. The number of hydrogen-bond acceptors (Lipinski definition) is 6. The largest absolute Gasteiger partial charge is 0.453 e. The smallest absolute Gasteiger partial charge is 0.413 e. The summed E-state index contributed by atoms with van der Waals surface area (Å²) in [5, 5.41) is 2.83. The Bertz CT molecular complexity index is 1030. The van der Waals surface area contributed by atoms with Gasteiger partial charge < -0.3 is 13.9 Å². The van der Waals surface area contributed by atoms with E-state index in [1.54, 1.807) is 0 Å². The number of imidazole rings is 1. The molecule has 0 fully saturated rings. The fourth-order valence-corrected chi connectivity index (χ4v) is 3.10. The Labute approximate surface area is 147 Å². The van der Waals surface area contributed by atoms with Crippen molar-refractivity contribution in [2.75, 3.05) is 12.4 Å². The minimum atomic E-state index is -4.04. The highest BCUT2D eigenvalue weighted by Gasteiger charge is 2.18. The highest BCUT2D eigenvalue weighted by molar-refractivity contribution is 7.87. The molecule has 0 spiro atoms. The minimum Gasteiger partial charge on any atom is -0.453 e. The number of aromatic amines is 1. The summed E-state index contributed by atoms with van der Waals surface area (Å²) in [5.74, 6) is 0.275. The van der Waals surface area contributed by atoms with Crippen LogP contribution in [0.4, 0.5) is 10.7 Å². The second-order valence-electron chi connectivity index (χ2n) is 4.87. The minimum absolute atomic E-state index is 0.0665. The van der Waals surface area contributed by atoms with E-state index in [9.17, 15) is 13.2 Å². The van der Waals surface area contributed by atoms with E-state index in [1.807, 2.05) is 0 Å². The van der Waals surface area contributed by atoms with Crippen molar-refractivity contribution in [3.8, 4) is 5.75 Å². The monoisotopic (exact) mass is 381 g/mol. The van der Waals surface area contributed by atoms with Gasteiger partial charge in [0.05, 0.1) is 18.1 Å². The number of carbonyl (C=O) groups excluding carboxylic acids is 1. The molecule has 1 heterocycles. The average molecular weight is 382 g/mol. The molecule has 10 heteroatoms. The molecule has 3 aromatic rings. The summed E-state index contributed by atoms with van der Waals surface area (Å²) in [6.45, 7) is 0. The van der Waals surface area contributed by atoms with Gasteiger partial charge >= 0.3 is 16.2 Å². The maximum atomic E-state index is 12.4. The number of fused-ring (bicyclic) bond motifs is 1. The first-order valence-electron chi connectivity index (χ1n) is 6.92. The number of carbonyl (C=O) groups is 1. The molecule has 8 nitrogen and oxygen atoms in total. The molecule has 2 aromatic carbocycles. The van der Waals surface area contributed by atoms with Crippen LogP contribution >= 0.6 is 11.6 Å². The van der Waals surface area contributed by atoms with Crippen LogP contribution in [0.5, 0.6) is 5.75 Å². The Kier molecular flexibility index (Phi) is 4.51. The van der Waals surface area contributed by atoms with E-state index in [1.165, 1.54) is 49.6 Å². The van der Waals surface area contributed by atoms with E-state index >= 15 is 0 Å². The summed E-state index contributed by atoms with van der Waals surface area (Å²) >= 11 is 5.76. The molecular formula is C15H12ClN3O5S. The molecule has 2 N–H and O–H groups in total. The van der Waals surface area contributed by atoms with Crippen LogP contribution in [0.3, 0.4) is 0 Å².